The van der Waals surface area contributed by atoms with Crippen molar-refractivity contribution in [2.45, 2.75) is 0 Å². The number of nitro benzene ring substituents is 1. The molecule has 0 atom stereocenters. The average Bonchev–Trinajstić information content (AvgIpc) is 3.25. The molecular weight excluding hydrogens is 522 g/mol. The highest BCUT2D eigenvalue weighted by Gasteiger charge is 2.20. The van der Waals surface area contributed by atoms with Crippen LogP contribution < -0.4 is 19.6 Å². The molecule has 12 heteroatoms. The van der Waals surface area contributed by atoms with Crippen molar-refractivity contribution in [2.75, 3.05) is 13.7 Å². The SMILES string of the molecule is COc1cc(C=NNC(=O)COc2ccccc2[N+](=O)[O-])ccc1OC(=O)c1sc2ccccc2c1Cl. The van der Waals surface area contributed by atoms with Crippen LogP contribution in [-0.2, 0) is 4.79 Å². The fourth-order valence-corrected chi connectivity index (χ4v) is 4.61. The van der Waals surface area contributed by atoms with Crippen molar-refractivity contribution in [1.29, 1.82) is 0 Å². The largest absolute Gasteiger partial charge is 0.493 e. The number of carbonyl (C=O) groups is 2. The number of hydrogen-bond donors (Lipinski definition) is 1. The molecule has 1 aromatic heterocycles. The number of amides is 1. The van der Waals surface area contributed by atoms with Crippen LogP contribution in [0.4, 0.5) is 5.69 Å². The van der Waals surface area contributed by atoms with E-state index < -0.39 is 23.4 Å². The highest BCUT2D eigenvalue weighted by molar-refractivity contribution is 7.21. The summed E-state index contributed by atoms with van der Waals surface area (Å²) < 4.78 is 16.9. The first kappa shape index (κ1) is 25.6. The zero-order valence-corrected chi connectivity index (χ0v) is 20.7. The molecule has 0 aliphatic heterocycles. The number of halogens is 1. The molecule has 1 amide bonds. The van der Waals surface area contributed by atoms with Gasteiger partial charge in [0.15, 0.2) is 23.9 Å². The molecular formula is C25H18ClN3O7S. The van der Waals surface area contributed by atoms with Gasteiger partial charge in [-0.15, -0.1) is 11.3 Å². The van der Waals surface area contributed by atoms with Crippen LogP contribution in [0, 0.1) is 10.1 Å². The molecule has 4 rings (SSSR count). The van der Waals surface area contributed by atoms with Crippen LogP contribution >= 0.6 is 22.9 Å². The predicted octanol–water partition coefficient (Wildman–Crippen LogP) is 5.22. The second-order valence-corrected chi connectivity index (χ2v) is 8.78. The summed E-state index contributed by atoms with van der Waals surface area (Å²) in [5, 5.41) is 16.0. The Morgan fingerprint density at radius 1 is 1.08 bits per heavy atom. The summed E-state index contributed by atoms with van der Waals surface area (Å²) in [5.74, 6) is -0.817. The van der Waals surface area contributed by atoms with Crippen LogP contribution in [0.25, 0.3) is 10.1 Å². The van der Waals surface area contributed by atoms with Gasteiger partial charge in [-0.2, -0.15) is 5.10 Å². The summed E-state index contributed by atoms with van der Waals surface area (Å²) >= 11 is 7.60. The molecule has 0 saturated carbocycles. The number of rotatable bonds is 9. The Kier molecular flexibility index (Phi) is 7.96. The van der Waals surface area contributed by atoms with Crippen molar-refractivity contribution in [1.82, 2.24) is 5.43 Å². The first-order valence-corrected chi connectivity index (χ1v) is 11.8. The zero-order valence-electron chi connectivity index (χ0n) is 19.2. The number of fused-ring (bicyclic) bond motifs is 1. The lowest BCUT2D eigenvalue weighted by Gasteiger charge is -2.09. The lowest BCUT2D eigenvalue weighted by molar-refractivity contribution is -0.385. The van der Waals surface area contributed by atoms with Crippen molar-refractivity contribution in [3.63, 3.8) is 0 Å². The molecule has 188 valence electrons. The van der Waals surface area contributed by atoms with Gasteiger partial charge >= 0.3 is 11.7 Å². The Morgan fingerprint density at radius 2 is 1.84 bits per heavy atom. The summed E-state index contributed by atoms with van der Waals surface area (Å²) in [6, 6.07) is 17.8. The standard InChI is InChI=1S/C25H18ClN3O7S/c1-34-20-12-15(13-27-28-22(30)14-35-18-8-4-3-7-17(18)29(32)33)10-11-19(20)36-25(31)24-23(26)16-6-2-5-9-21(16)37-24/h2-13H,14H2,1H3,(H,28,30). The summed E-state index contributed by atoms with van der Waals surface area (Å²) in [4.78, 5) is 35.4. The van der Waals surface area contributed by atoms with E-state index in [-0.39, 0.29) is 27.8 Å². The van der Waals surface area contributed by atoms with Crippen LogP contribution in [0.1, 0.15) is 15.2 Å². The molecule has 0 saturated heterocycles. The third kappa shape index (κ3) is 6.02. The number of carbonyl (C=O) groups excluding carboxylic acids is 2. The van der Waals surface area contributed by atoms with E-state index in [1.54, 1.807) is 18.2 Å². The van der Waals surface area contributed by atoms with Crippen LogP contribution in [0.5, 0.6) is 17.2 Å². The van der Waals surface area contributed by atoms with E-state index in [0.717, 1.165) is 10.1 Å². The van der Waals surface area contributed by atoms with Gasteiger partial charge in [0.2, 0.25) is 0 Å². The third-order valence-corrected chi connectivity index (χ3v) is 6.59. The lowest BCUT2D eigenvalue weighted by Crippen LogP contribution is -2.24. The number of nitrogens with one attached hydrogen (secondary N) is 1. The number of nitrogens with zero attached hydrogens (tertiary/aromatic N) is 2. The second kappa shape index (κ2) is 11.5. The quantitative estimate of drug-likeness (QED) is 0.101. The third-order valence-electron chi connectivity index (χ3n) is 4.93. The summed E-state index contributed by atoms with van der Waals surface area (Å²) in [6.07, 6.45) is 1.35. The Labute approximate surface area is 219 Å². The fourth-order valence-electron chi connectivity index (χ4n) is 3.22. The maximum Gasteiger partial charge on any atom is 0.355 e. The molecule has 37 heavy (non-hydrogen) atoms. The summed E-state index contributed by atoms with van der Waals surface area (Å²) in [7, 11) is 1.42. The van der Waals surface area contributed by atoms with Gasteiger partial charge in [-0.05, 0) is 35.9 Å². The number of thiophene rings is 1. The molecule has 4 aromatic rings. The van der Waals surface area contributed by atoms with Crippen LogP contribution in [-0.4, -0.2) is 36.7 Å². The molecule has 0 spiro atoms. The van der Waals surface area contributed by atoms with Gasteiger partial charge in [0.1, 0.15) is 4.88 Å². The smallest absolute Gasteiger partial charge is 0.355 e. The topological polar surface area (TPSA) is 129 Å². The normalized spacial score (nSPS) is 10.9. The van der Waals surface area contributed by atoms with Crippen molar-refractivity contribution in [3.05, 3.63) is 92.3 Å². The monoisotopic (exact) mass is 539 g/mol. The van der Waals surface area contributed by atoms with Crippen molar-refractivity contribution in [2.24, 2.45) is 5.10 Å². The minimum absolute atomic E-state index is 0.0292. The van der Waals surface area contributed by atoms with Gasteiger partial charge in [0.05, 0.1) is 23.3 Å². The van der Waals surface area contributed by atoms with Crippen molar-refractivity contribution < 1.29 is 28.7 Å². The molecule has 0 bridgehead atoms. The second-order valence-electron chi connectivity index (χ2n) is 7.35. The van der Waals surface area contributed by atoms with Crippen LogP contribution in [0.3, 0.4) is 0 Å². The zero-order chi connectivity index (χ0) is 26.4. The number of esters is 1. The molecule has 0 radical (unpaired) electrons. The number of hydrazone groups is 1. The minimum Gasteiger partial charge on any atom is -0.493 e. The Morgan fingerprint density at radius 3 is 2.59 bits per heavy atom. The predicted molar refractivity (Wildman–Crippen MR) is 139 cm³/mol. The number of nitro groups is 1. The maximum atomic E-state index is 12.8. The molecule has 1 heterocycles. The highest BCUT2D eigenvalue weighted by Crippen LogP contribution is 2.37. The first-order chi connectivity index (χ1) is 17.9. The van der Waals surface area contributed by atoms with E-state index >= 15 is 0 Å². The van der Waals surface area contributed by atoms with Crippen molar-refractivity contribution >= 4 is 56.8 Å². The Bertz CT molecular complexity index is 1520. The highest BCUT2D eigenvalue weighted by atomic mass is 35.5. The van der Waals surface area contributed by atoms with Crippen LogP contribution in [0.2, 0.25) is 5.02 Å². The number of benzene rings is 3. The Hall–Kier alpha value is -4.48. The first-order valence-electron chi connectivity index (χ1n) is 10.6. The number of hydrogen-bond acceptors (Lipinski definition) is 9. The van der Waals surface area contributed by atoms with E-state index in [0.29, 0.717) is 10.6 Å². The number of methoxy groups -OCH3 is 1. The van der Waals surface area contributed by atoms with Gasteiger partial charge in [-0.3, -0.25) is 14.9 Å². The summed E-state index contributed by atoms with van der Waals surface area (Å²) in [5.41, 5.74) is 2.56. The molecule has 3 aromatic carbocycles. The number of ether oxygens (including phenoxy) is 3. The number of para-hydroxylation sites is 2. The lowest BCUT2D eigenvalue weighted by atomic mass is 10.2. The van der Waals surface area contributed by atoms with E-state index in [9.17, 15) is 19.7 Å². The van der Waals surface area contributed by atoms with E-state index in [2.05, 4.69) is 10.5 Å². The molecule has 1 N–H and O–H groups in total. The van der Waals surface area contributed by atoms with Gasteiger partial charge in [-0.1, -0.05) is 41.9 Å². The van der Waals surface area contributed by atoms with E-state index in [4.69, 9.17) is 25.8 Å². The fraction of sp³-hybridized carbons (Fsp3) is 0.0800. The molecule has 0 unspecified atom stereocenters. The minimum atomic E-state index is -0.618. The van der Waals surface area contributed by atoms with E-state index in [1.807, 2.05) is 24.3 Å². The van der Waals surface area contributed by atoms with Crippen molar-refractivity contribution in [3.8, 4) is 17.2 Å². The molecule has 0 aliphatic rings. The summed E-state index contributed by atoms with van der Waals surface area (Å²) in [6.45, 7) is -0.472. The van der Waals surface area contributed by atoms with Gasteiger partial charge < -0.3 is 14.2 Å². The average molecular weight is 540 g/mol. The van der Waals surface area contributed by atoms with Crippen LogP contribution in [0.15, 0.2) is 71.8 Å². The Balaban J connectivity index is 1.37. The molecule has 10 nitrogen and oxygen atoms in total. The van der Waals surface area contributed by atoms with E-state index in [1.165, 1.54) is 48.9 Å². The van der Waals surface area contributed by atoms with Gasteiger partial charge in [-0.25, -0.2) is 10.2 Å². The molecule has 0 aliphatic carbocycles. The molecule has 0 fully saturated rings. The van der Waals surface area contributed by atoms with Gasteiger partial charge in [0.25, 0.3) is 5.91 Å². The maximum absolute atomic E-state index is 12.8. The van der Waals surface area contributed by atoms with Gasteiger partial charge in [0, 0.05) is 16.2 Å².